The molecule has 0 saturated carbocycles. The minimum Gasteiger partial charge on any atom is -0.462 e. The first-order valence-electron chi connectivity index (χ1n) is 3.24. The van der Waals surface area contributed by atoms with Crippen LogP contribution in [0, 0.1) is 18.8 Å². The van der Waals surface area contributed by atoms with Crippen molar-refractivity contribution in [2.45, 2.75) is 26.4 Å². The molecule has 1 fully saturated rings. The van der Waals surface area contributed by atoms with Crippen molar-refractivity contribution in [1.29, 1.82) is 0 Å². The van der Waals surface area contributed by atoms with Gasteiger partial charge in [0.15, 0.2) is 0 Å². The van der Waals surface area contributed by atoms with E-state index in [1.54, 1.807) is 0 Å². The Balaban J connectivity index is 0.000000371. The van der Waals surface area contributed by atoms with E-state index in [4.69, 9.17) is 4.74 Å². The monoisotopic (exact) mass is 140 g/mol. The molecule has 0 spiro atoms. The molecule has 1 aliphatic heterocycles. The number of carbonyl (C=O) groups excluding carboxylic acids is 1. The molecule has 56 valence electrons. The lowest BCUT2D eigenvalue weighted by Gasteiger charge is -1.95. The van der Waals surface area contributed by atoms with Crippen molar-refractivity contribution in [3.05, 3.63) is 0 Å². The maximum Gasteiger partial charge on any atom is 0.309 e. The lowest BCUT2D eigenvalue weighted by molar-refractivity contribution is -0.143. The molecule has 0 amide bonds. The molecule has 0 N–H and O–H groups in total. The summed E-state index contributed by atoms with van der Waals surface area (Å²) >= 11 is 0. The molecule has 2 heteroatoms. The zero-order valence-corrected chi connectivity index (χ0v) is 6.33. The van der Waals surface area contributed by atoms with Crippen molar-refractivity contribution in [1.82, 2.24) is 0 Å². The lowest BCUT2D eigenvalue weighted by atomic mass is 10.1. The molecule has 1 heterocycles. The minimum atomic E-state index is -0.0440. The van der Waals surface area contributed by atoms with Crippen molar-refractivity contribution < 1.29 is 9.53 Å². The fourth-order valence-corrected chi connectivity index (χ4v) is 0.957. The maximum atomic E-state index is 10.6. The van der Waals surface area contributed by atoms with Crippen LogP contribution in [0.3, 0.4) is 0 Å². The Hall–Kier alpha value is -0.970. The summed E-state index contributed by atoms with van der Waals surface area (Å²) in [6.45, 7) is 3.81. The average Bonchev–Trinajstić information content (AvgIpc) is 2.16. The van der Waals surface area contributed by atoms with Gasteiger partial charge >= 0.3 is 5.97 Å². The average molecular weight is 140 g/mol. The molecule has 2 atom stereocenters. The second-order valence-corrected chi connectivity index (χ2v) is 2.38. The molecule has 1 rings (SSSR count). The largest absolute Gasteiger partial charge is 0.462 e. The number of terminal acetylenes is 1. The van der Waals surface area contributed by atoms with Crippen LogP contribution in [-0.2, 0) is 9.53 Å². The van der Waals surface area contributed by atoms with Gasteiger partial charge in [-0.05, 0) is 13.3 Å². The predicted octanol–water partition coefficient (Wildman–Crippen LogP) is 1.21. The van der Waals surface area contributed by atoms with Gasteiger partial charge in [-0.1, -0.05) is 6.92 Å². The van der Waals surface area contributed by atoms with Gasteiger partial charge in [-0.2, -0.15) is 0 Å². The van der Waals surface area contributed by atoms with Crippen LogP contribution in [0.5, 0.6) is 0 Å². The van der Waals surface area contributed by atoms with Gasteiger partial charge in [0, 0.05) is 0 Å². The first kappa shape index (κ1) is 9.03. The summed E-state index contributed by atoms with van der Waals surface area (Å²) < 4.78 is 4.83. The molecule has 2 nitrogen and oxygen atoms in total. The molecule has 0 aromatic carbocycles. The second kappa shape index (κ2) is 3.94. The number of hydrogen-bond donors (Lipinski definition) is 0. The SMILES string of the molecule is C#C.CC1CC(C)C(=O)O1. The Labute approximate surface area is 61.6 Å². The third-order valence-electron chi connectivity index (χ3n) is 1.41. The summed E-state index contributed by atoms with van der Waals surface area (Å²) in [6, 6.07) is 0. The van der Waals surface area contributed by atoms with Crippen molar-refractivity contribution >= 4 is 5.97 Å². The third-order valence-corrected chi connectivity index (χ3v) is 1.41. The smallest absolute Gasteiger partial charge is 0.309 e. The molecular weight excluding hydrogens is 128 g/mol. The van der Waals surface area contributed by atoms with Gasteiger partial charge in [0.1, 0.15) is 0 Å². The number of rotatable bonds is 0. The van der Waals surface area contributed by atoms with E-state index in [-0.39, 0.29) is 18.0 Å². The highest BCUT2D eigenvalue weighted by atomic mass is 16.5. The molecule has 1 saturated heterocycles. The van der Waals surface area contributed by atoms with Crippen LogP contribution in [0.4, 0.5) is 0 Å². The summed E-state index contributed by atoms with van der Waals surface area (Å²) in [6.07, 6.45) is 9.04. The summed E-state index contributed by atoms with van der Waals surface area (Å²) in [5, 5.41) is 0. The standard InChI is InChI=1S/C6H10O2.C2H2/c1-4-3-5(2)8-6(4)7;1-2/h4-5H,3H2,1-2H3;1-2H. The van der Waals surface area contributed by atoms with Crippen molar-refractivity contribution in [3.8, 4) is 12.8 Å². The van der Waals surface area contributed by atoms with Crippen LogP contribution >= 0.6 is 0 Å². The van der Waals surface area contributed by atoms with Crippen LogP contribution in [0.2, 0.25) is 0 Å². The number of carbonyl (C=O) groups is 1. The molecule has 1 aliphatic rings. The summed E-state index contributed by atoms with van der Waals surface area (Å²) in [5.74, 6) is 0.0856. The summed E-state index contributed by atoms with van der Waals surface area (Å²) in [7, 11) is 0. The van der Waals surface area contributed by atoms with E-state index in [1.165, 1.54) is 0 Å². The molecule has 0 aliphatic carbocycles. The fraction of sp³-hybridized carbons (Fsp3) is 0.625. The predicted molar refractivity (Wildman–Crippen MR) is 39.2 cm³/mol. The van der Waals surface area contributed by atoms with Gasteiger partial charge in [0.05, 0.1) is 12.0 Å². The van der Waals surface area contributed by atoms with Gasteiger partial charge < -0.3 is 4.74 Å². The highest BCUT2D eigenvalue weighted by Gasteiger charge is 2.27. The van der Waals surface area contributed by atoms with Crippen molar-refractivity contribution in [2.24, 2.45) is 5.92 Å². The Bertz CT molecular complexity index is 137. The normalized spacial score (nSPS) is 30.2. The highest BCUT2D eigenvalue weighted by Crippen LogP contribution is 2.18. The van der Waals surface area contributed by atoms with Crippen LogP contribution in [0.1, 0.15) is 20.3 Å². The van der Waals surface area contributed by atoms with E-state index in [1.807, 2.05) is 13.8 Å². The molecule has 0 radical (unpaired) electrons. The summed E-state index contributed by atoms with van der Waals surface area (Å²) in [4.78, 5) is 10.6. The maximum absolute atomic E-state index is 10.6. The second-order valence-electron chi connectivity index (χ2n) is 2.38. The van der Waals surface area contributed by atoms with Gasteiger partial charge in [-0.3, -0.25) is 4.79 Å². The molecule has 0 bridgehead atoms. The van der Waals surface area contributed by atoms with Gasteiger partial charge in [0.2, 0.25) is 0 Å². The number of cyclic esters (lactones) is 1. The van der Waals surface area contributed by atoms with E-state index < -0.39 is 0 Å². The zero-order chi connectivity index (χ0) is 8.15. The summed E-state index contributed by atoms with van der Waals surface area (Å²) in [5.41, 5.74) is 0. The highest BCUT2D eigenvalue weighted by molar-refractivity contribution is 5.73. The Morgan fingerprint density at radius 2 is 2.00 bits per heavy atom. The van der Waals surface area contributed by atoms with Gasteiger partial charge in [-0.15, -0.1) is 12.8 Å². The quantitative estimate of drug-likeness (QED) is 0.373. The zero-order valence-electron chi connectivity index (χ0n) is 6.33. The third kappa shape index (κ3) is 2.10. The number of hydrogen-bond acceptors (Lipinski definition) is 2. The van der Waals surface area contributed by atoms with Crippen LogP contribution in [-0.4, -0.2) is 12.1 Å². The van der Waals surface area contributed by atoms with E-state index in [0.29, 0.717) is 0 Å². The number of ether oxygens (including phenoxy) is 1. The molecule has 0 aromatic rings. The van der Waals surface area contributed by atoms with Crippen molar-refractivity contribution in [2.75, 3.05) is 0 Å². The van der Waals surface area contributed by atoms with Gasteiger partial charge in [-0.25, -0.2) is 0 Å². The van der Waals surface area contributed by atoms with E-state index in [0.717, 1.165) is 6.42 Å². The van der Waals surface area contributed by atoms with E-state index in [9.17, 15) is 4.79 Å². The Morgan fingerprint density at radius 3 is 2.10 bits per heavy atom. The molecular formula is C8H12O2. The van der Waals surface area contributed by atoms with E-state index in [2.05, 4.69) is 12.8 Å². The van der Waals surface area contributed by atoms with Crippen LogP contribution in [0.15, 0.2) is 0 Å². The van der Waals surface area contributed by atoms with E-state index >= 15 is 0 Å². The topological polar surface area (TPSA) is 26.3 Å². The molecule has 10 heavy (non-hydrogen) atoms. The fourth-order valence-electron chi connectivity index (χ4n) is 0.957. The lowest BCUT2D eigenvalue weighted by Crippen LogP contribution is -2.02. The minimum absolute atomic E-state index is 0.0440. The van der Waals surface area contributed by atoms with Gasteiger partial charge in [0.25, 0.3) is 0 Å². The Morgan fingerprint density at radius 1 is 1.50 bits per heavy atom. The number of esters is 1. The first-order chi connectivity index (χ1) is 4.70. The van der Waals surface area contributed by atoms with Crippen molar-refractivity contribution in [3.63, 3.8) is 0 Å². The first-order valence-corrected chi connectivity index (χ1v) is 3.24. The van der Waals surface area contributed by atoms with Crippen LogP contribution < -0.4 is 0 Å². The Kier molecular flexibility index (Phi) is 3.56. The molecule has 0 aromatic heterocycles. The molecule has 2 unspecified atom stereocenters. The van der Waals surface area contributed by atoms with Crippen LogP contribution in [0.25, 0.3) is 0 Å².